The molecule has 16 heavy (non-hydrogen) atoms. The number of carbonyl (C=O) groups excluding carboxylic acids is 1. The Balaban J connectivity index is 2.25. The standard InChI is InChI=1S/C13H18N2O/c1-3-8-14-13(16)15-9-7-12-6-4-5-11(2)10-12/h3-6,10H,1,7-9H2,2H3,(H2,14,15,16). The van der Waals surface area contributed by atoms with E-state index in [0.29, 0.717) is 13.1 Å². The molecule has 3 heteroatoms. The first kappa shape index (κ1) is 12.3. The van der Waals surface area contributed by atoms with Gasteiger partial charge in [-0.3, -0.25) is 0 Å². The Morgan fingerprint density at radius 3 is 2.94 bits per heavy atom. The number of hydrogen-bond acceptors (Lipinski definition) is 1. The maximum atomic E-state index is 11.2. The third-order valence-corrected chi connectivity index (χ3v) is 2.19. The Kier molecular flexibility index (Phi) is 5.12. The summed E-state index contributed by atoms with van der Waals surface area (Å²) in [7, 11) is 0. The SMILES string of the molecule is C=CCNC(=O)NCCc1cccc(C)c1. The minimum atomic E-state index is -0.146. The third-order valence-electron chi connectivity index (χ3n) is 2.19. The van der Waals surface area contributed by atoms with Gasteiger partial charge in [0.05, 0.1) is 0 Å². The van der Waals surface area contributed by atoms with Crippen molar-refractivity contribution in [3.8, 4) is 0 Å². The van der Waals surface area contributed by atoms with Gasteiger partial charge < -0.3 is 10.6 Å². The van der Waals surface area contributed by atoms with E-state index >= 15 is 0 Å². The second-order valence-corrected chi connectivity index (χ2v) is 3.66. The monoisotopic (exact) mass is 218 g/mol. The number of rotatable bonds is 5. The van der Waals surface area contributed by atoms with E-state index in [9.17, 15) is 4.79 Å². The lowest BCUT2D eigenvalue weighted by Crippen LogP contribution is -2.36. The molecule has 2 amide bonds. The zero-order valence-corrected chi connectivity index (χ0v) is 9.62. The molecule has 0 aliphatic rings. The summed E-state index contributed by atoms with van der Waals surface area (Å²) in [4.78, 5) is 11.2. The van der Waals surface area contributed by atoms with E-state index in [-0.39, 0.29) is 6.03 Å². The van der Waals surface area contributed by atoms with Gasteiger partial charge in [-0.05, 0) is 18.9 Å². The van der Waals surface area contributed by atoms with Crippen molar-refractivity contribution in [2.24, 2.45) is 0 Å². The van der Waals surface area contributed by atoms with E-state index in [1.54, 1.807) is 6.08 Å². The smallest absolute Gasteiger partial charge is 0.315 e. The molecule has 0 atom stereocenters. The molecule has 86 valence electrons. The zero-order valence-electron chi connectivity index (χ0n) is 9.62. The molecule has 1 rings (SSSR count). The molecule has 0 bridgehead atoms. The zero-order chi connectivity index (χ0) is 11.8. The number of benzene rings is 1. The van der Waals surface area contributed by atoms with E-state index in [1.165, 1.54) is 11.1 Å². The average molecular weight is 218 g/mol. The summed E-state index contributed by atoms with van der Waals surface area (Å²) < 4.78 is 0. The number of aryl methyl sites for hydroxylation is 1. The Morgan fingerprint density at radius 2 is 2.25 bits per heavy atom. The Labute approximate surface area is 96.6 Å². The first-order chi connectivity index (χ1) is 7.72. The van der Waals surface area contributed by atoms with Crippen LogP contribution in [0.25, 0.3) is 0 Å². The highest BCUT2D eigenvalue weighted by Gasteiger charge is 1.97. The van der Waals surface area contributed by atoms with Crippen LogP contribution in [0.1, 0.15) is 11.1 Å². The van der Waals surface area contributed by atoms with Crippen LogP contribution in [0.3, 0.4) is 0 Å². The number of carbonyl (C=O) groups is 1. The van der Waals surface area contributed by atoms with Crippen molar-refractivity contribution in [1.82, 2.24) is 10.6 Å². The number of nitrogens with one attached hydrogen (secondary N) is 2. The van der Waals surface area contributed by atoms with Crippen LogP contribution >= 0.6 is 0 Å². The largest absolute Gasteiger partial charge is 0.338 e. The molecule has 0 aromatic heterocycles. The molecule has 0 aliphatic heterocycles. The summed E-state index contributed by atoms with van der Waals surface area (Å²) in [6, 6.07) is 8.14. The van der Waals surface area contributed by atoms with Crippen molar-refractivity contribution in [3.63, 3.8) is 0 Å². The minimum Gasteiger partial charge on any atom is -0.338 e. The van der Waals surface area contributed by atoms with E-state index in [1.807, 2.05) is 6.07 Å². The first-order valence-corrected chi connectivity index (χ1v) is 5.40. The molecule has 0 unspecified atom stereocenters. The van der Waals surface area contributed by atoms with Crippen molar-refractivity contribution >= 4 is 6.03 Å². The summed E-state index contributed by atoms with van der Waals surface area (Å²) in [6.07, 6.45) is 2.50. The Hall–Kier alpha value is -1.77. The molecule has 2 N–H and O–H groups in total. The lowest BCUT2D eigenvalue weighted by Gasteiger charge is -2.06. The van der Waals surface area contributed by atoms with Crippen LogP contribution in [-0.4, -0.2) is 19.1 Å². The molecule has 3 nitrogen and oxygen atoms in total. The van der Waals surface area contributed by atoms with Gasteiger partial charge >= 0.3 is 6.03 Å². The van der Waals surface area contributed by atoms with Crippen LogP contribution in [0.2, 0.25) is 0 Å². The topological polar surface area (TPSA) is 41.1 Å². The van der Waals surface area contributed by atoms with Crippen LogP contribution in [-0.2, 0) is 6.42 Å². The Morgan fingerprint density at radius 1 is 1.44 bits per heavy atom. The number of urea groups is 1. The highest BCUT2D eigenvalue weighted by molar-refractivity contribution is 5.73. The maximum Gasteiger partial charge on any atom is 0.315 e. The Bertz CT molecular complexity index is 361. The fraction of sp³-hybridized carbons (Fsp3) is 0.308. The van der Waals surface area contributed by atoms with E-state index in [4.69, 9.17) is 0 Å². The van der Waals surface area contributed by atoms with Crippen LogP contribution in [0.4, 0.5) is 4.79 Å². The molecule has 0 radical (unpaired) electrons. The van der Waals surface area contributed by atoms with Gasteiger partial charge in [0.15, 0.2) is 0 Å². The molecule has 0 fully saturated rings. The summed E-state index contributed by atoms with van der Waals surface area (Å²) in [6.45, 7) is 6.73. The van der Waals surface area contributed by atoms with Crippen molar-refractivity contribution in [2.75, 3.05) is 13.1 Å². The van der Waals surface area contributed by atoms with Gasteiger partial charge in [-0.15, -0.1) is 6.58 Å². The summed E-state index contributed by atoms with van der Waals surface area (Å²) in [5, 5.41) is 5.45. The van der Waals surface area contributed by atoms with Crippen molar-refractivity contribution < 1.29 is 4.79 Å². The normalized spacial score (nSPS) is 9.56. The predicted octanol–water partition coefficient (Wildman–Crippen LogP) is 2.02. The van der Waals surface area contributed by atoms with Crippen molar-refractivity contribution in [1.29, 1.82) is 0 Å². The predicted molar refractivity (Wildman–Crippen MR) is 66.5 cm³/mol. The first-order valence-electron chi connectivity index (χ1n) is 5.40. The van der Waals surface area contributed by atoms with Crippen LogP contribution in [0, 0.1) is 6.92 Å². The molecule has 0 saturated carbocycles. The average Bonchev–Trinajstić information content (AvgIpc) is 2.26. The molecular weight excluding hydrogens is 200 g/mol. The number of hydrogen-bond donors (Lipinski definition) is 2. The third kappa shape index (κ3) is 4.64. The molecule has 0 spiro atoms. The van der Waals surface area contributed by atoms with Gasteiger partial charge in [0.1, 0.15) is 0 Å². The quantitative estimate of drug-likeness (QED) is 0.729. The minimum absolute atomic E-state index is 0.146. The van der Waals surface area contributed by atoms with Crippen LogP contribution in [0.5, 0.6) is 0 Å². The van der Waals surface area contributed by atoms with Gasteiger partial charge in [-0.1, -0.05) is 35.9 Å². The molecular formula is C13H18N2O. The molecule has 0 saturated heterocycles. The molecule has 0 aliphatic carbocycles. The van der Waals surface area contributed by atoms with Crippen molar-refractivity contribution in [3.05, 3.63) is 48.0 Å². The lowest BCUT2D eigenvalue weighted by molar-refractivity contribution is 0.242. The highest BCUT2D eigenvalue weighted by atomic mass is 16.2. The van der Waals surface area contributed by atoms with E-state index in [2.05, 4.69) is 42.3 Å². The van der Waals surface area contributed by atoms with Crippen molar-refractivity contribution in [2.45, 2.75) is 13.3 Å². The van der Waals surface area contributed by atoms with Crippen LogP contribution < -0.4 is 10.6 Å². The fourth-order valence-corrected chi connectivity index (χ4v) is 1.42. The van der Waals surface area contributed by atoms with Crippen LogP contribution in [0.15, 0.2) is 36.9 Å². The second kappa shape index (κ2) is 6.67. The van der Waals surface area contributed by atoms with Gasteiger partial charge in [0.25, 0.3) is 0 Å². The summed E-state index contributed by atoms with van der Waals surface area (Å²) in [5.41, 5.74) is 2.48. The highest BCUT2D eigenvalue weighted by Crippen LogP contribution is 2.03. The maximum absolute atomic E-state index is 11.2. The summed E-state index contributed by atoms with van der Waals surface area (Å²) in [5.74, 6) is 0. The van der Waals surface area contributed by atoms with Gasteiger partial charge in [-0.2, -0.15) is 0 Å². The second-order valence-electron chi connectivity index (χ2n) is 3.66. The van der Waals surface area contributed by atoms with Gasteiger partial charge in [0, 0.05) is 13.1 Å². The van der Waals surface area contributed by atoms with E-state index < -0.39 is 0 Å². The molecule has 1 aromatic carbocycles. The van der Waals surface area contributed by atoms with Gasteiger partial charge in [0.2, 0.25) is 0 Å². The summed E-state index contributed by atoms with van der Waals surface area (Å²) >= 11 is 0. The lowest BCUT2D eigenvalue weighted by atomic mass is 10.1. The van der Waals surface area contributed by atoms with E-state index in [0.717, 1.165) is 6.42 Å². The molecule has 1 aromatic rings. The molecule has 0 heterocycles. The fourth-order valence-electron chi connectivity index (χ4n) is 1.42. The number of amides is 2. The van der Waals surface area contributed by atoms with Gasteiger partial charge in [-0.25, -0.2) is 4.79 Å².